The molecule has 4 rings (SSSR count). The number of carbonyl (C=O) groups is 8. The monoisotopic (exact) mass is 1680 g/mol. The number of ketones is 4. The summed E-state index contributed by atoms with van der Waals surface area (Å²) in [5.74, 6) is -20.0. The molecule has 31 heteroatoms. The number of allylic oxidation sites excluding steroid dienone is 8. The molecule has 0 aromatic heterocycles. The fourth-order valence-corrected chi connectivity index (χ4v) is 15.9. The Labute approximate surface area is 669 Å². The summed E-state index contributed by atoms with van der Waals surface area (Å²) in [5.41, 5.74) is 0. The second-order valence-corrected chi connectivity index (χ2v) is 31.2. The zero-order chi connectivity index (χ0) is 84.6. The van der Waals surface area contributed by atoms with Gasteiger partial charge in [-0.1, -0.05) is 102 Å². The smallest absolute Gasteiger partial charge is 0.305 e. The minimum absolute atomic E-state index is 0. The van der Waals surface area contributed by atoms with E-state index in [0.717, 1.165) is 6.42 Å². The van der Waals surface area contributed by atoms with E-state index in [2.05, 4.69) is 33.1 Å². The zero-order valence-corrected chi connectivity index (χ0v) is 69.8. The molecule has 0 spiro atoms. The van der Waals surface area contributed by atoms with Crippen LogP contribution in [0.4, 0.5) is 35.1 Å². The number of carboxylic acids is 3. The van der Waals surface area contributed by atoms with Crippen molar-refractivity contribution in [3.8, 4) is 0 Å². The number of aliphatic hydroxyl groups excluding tert-OH is 5. The third-order valence-electron chi connectivity index (χ3n) is 21.9. The first-order valence-electron chi connectivity index (χ1n) is 40.3. The van der Waals surface area contributed by atoms with Crippen LogP contribution in [0.1, 0.15) is 289 Å². The number of methoxy groups -OCH3 is 1. The molecule has 112 heavy (non-hydrogen) atoms. The van der Waals surface area contributed by atoms with Crippen LogP contribution in [0.3, 0.4) is 0 Å². The van der Waals surface area contributed by atoms with Crippen molar-refractivity contribution in [1.82, 2.24) is 0 Å². The number of carbonyl (C=O) groups excluding carboxylic acids is 5. The highest BCUT2D eigenvalue weighted by Crippen LogP contribution is 2.45. The molecule has 0 bridgehead atoms. The second kappa shape index (κ2) is 57.9. The van der Waals surface area contributed by atoms with Crippen LogP contribution in [-0.2, 0) is 56.7 Å². The van der Waals surface area contributed by atoms with Gasteiger partial charge in [-0.25, -0.2) is 17.6 Å². The first kappa shape index (κ1) is 106. The molecule has 4 fully saturated rings. The number of rotatable bonds is 55. The molecule has 0 aromatic carbocycles. The van der Waals surface area contributed by atoms with E-state index in [-0.39, 0.29) is 166 Å². The Morgan fingerprint density at radius 2 is 0.759 bits per heavy atom. The van der Waals surface area contributed by atoms with E-state index in [1.54, 1.807) is 26.0 Å². The van der Waals surface area contributed by atoms with Crippen molar-refractivity contribution in [2.45, 2.75) is 357 Å². The van der Waals surface area contributed by atoms with Gasteiger partial charge in [0.25, 0.3) is 11.8 Å². The van der Waals surface area contributed by atoms with E-state index in [1.807, 2.05) is 50.3 Å². The van der Waals surface area contributed by atoms with Gasteiger partial charge in [0, 0.05) is 134 Å². The van der Waals surface area contributed by atoms with E-state index in [9.17, 15) is 99.0 Å². The average Bonchev–Trinajstić information content (AvgIpc) is 1.70. The number of hydrogen-bond donors (Lipinski definition) is 8. The van der Waals surface area contributed by atoms with Gasteiger partial charge in [0.05, 0.1) is 43.7 Å². The fraction of sp³-hybridized carbons (Fsp3) is 0.802. The summed E-state index contributed by atoms with van der Waals surface area (Å²) in [6, 6.07) is 0. The average molecular weight is 1680 g/mol. The lowest BCUT2D eigenvalue weighted by atomic mass is 9.85. The van der Waals surface area contributed by atoms with Gasteiger partial charge >= 0.3 is 35.7 Å². The molecule has 0 saturated heterocycles. The number of unbranched alkanes of at least 4 members (excludes halogenated alkanes) is 8. The maximum atomic E-state index is 14.1. The number of halogens is 8. The van der Waals surface area contributed by atoms with Crippen LogP contribution in [0.15, 0.2) is 48.6 Å². The molecule has 4 saturated carbocycles. The summed E-state index contributed by atoms with van der Waals surface area (Å²) in [5, 5.41) is 76.7. The van der Waals surface area contributed by atoms with E-state index in [0.29, 0.717) is 148 Å². The lowest BCUT2D eigenvalue weighted by Gasteiger charge is -2.27. The molecule has 4 aliphatic rings. The number of alkyl halides is 8. The molecule has 0 radical (unpaired) electrons. The SMILES string of the molecule is CCCCC(F)(F)C(=O)CC[C@H]1C(O)CC(=O)C1C/C=C\CCCC(=O)O.CCCCC(F)(F)C(=O)CC[C@H]1C(OP)CC(=O)C1C/C=C\CCCC(=O)O.CCCCC(F)(F)C(O)CC[C@H]1C(OP)CC(O)C1C/C=C\CCCC(=O)O.CCCCC(F)(F)C(O)CC[C@H]1C(OP)CC(O)C1C/C=C\CCCC(=O)OC.[3HH].[3HH].[3HH]. The largest absolute Gasteiger partial charge is 0.481 e. The molecule has 0 amide bonds. The summed E-state index contributed by atoms with van der Waals surface area (Å²) in [4.78, 5) is 90.7. The van der Waals surface area contributed by atoms with Crippen molar-refractivity contribution in [3.05, 3.63) is 48.6 Å². The lowest BCUT2D eigenvalue weighted by Crippen LogP contribution is -2.34. The standard InChI is InChI=1S/C21H37F2O5P.C20H35F2O5P.C20H31F2O5P.C20H30F2O5.3H2/c1-3-4-13-21(22,23)19(25)12-11-16-15(17(24)14-18(16)28-29)9-7-5-6-8-10-20(26)27-2;2*1-2-3-12-20(21,22)18(24)11-10-15-14(16(23)13-17(15)27-28)8-6-4-5-7-9-19(25)26;1-2-3-12-20(21,22)18(25)11-10-15-14(16(23)13-17(15)24)8-6-4-5-7-9-19(26)27;;;/h5,7,15-19,24-25H,3-4,6,8-14,29H2,1-2H3;4,6,14-18,23-24H,2-3,5,7-13,28H2,1H3,(H,25,26);4,6,14-15,17H,2-3,5,7-13,28H2,1H3,(H,25,26);4,6,14-15,17,24H,2-3,5,7-13H2,1H3,(H,26,27);3*1H/b7-5-;3*6-4-;;;/t15?,16-,17?,18?,19?;14?,15-,16?,17?,18?;2*14?,15-,17?;;;/m1111.../s1/i;;;;3*1+2. The summed E-state index contributed by atoms with van der Waals surface area (Å²) in [6.45, 7) is 7.26. The summed E-state index contributed by atoms with van der Waals surface area (Å²) < 4.78 is 132. The van der Waals surface area contributed by atoms with Crippen LogP contribution in [-0.4, -0.2) is 167 Å². The normalized spacial score (nSPS) is 24.8. The zero-order valence-electron chi connectivity index (χ0n) is 66.4. The number of aliphatic carboxylic acids is 3. The number of carboxylic acid groups (broad SMARTS) is 3. The number of esters is 1. The quantitative estimate of drug-likeness (QED) is 0.00922. The maximum Gasteiger partial charge on any atom is 0.305 e. The van der Waals surface area contributed by atoms with Crippen LogP contribution >= 0.6 is 28.4 Å². The van der Waals surface area contributed by atoms with Gasteiger partial charge in [0.2, 0.25) is 11.6 Å². The molecule has 0 aliphatic heterocycles. The predicted molar refractivity (Wildman–Crippen MR) is 427 cm³/mol. The first-order valence-corrected chi connectivity index (χ1v) is 41.7. The minimum Gasteiger partial charge on any atom is -0.481 e. The van der Waals surface area contributed by atoms with E-state index < -0.39 is 108 Å². The third kappa shape index (κ3) is 41.4. The van der Waals surface area contributed by atoms with Crippen molar-refractivity contribution in [3.63, 3.8) is 0 Å². The summed E-state index contributed by atoms with van der Waals surface area (Å²) >= 11 is 0. The highest BCUT2D eigenvalue weighted by Gasteiger charge is 2.48. The Morgan fingerprint density at radius 3 is 1.11 bits per heavy atom. The molecular formula is C81H139F8O20P3. The number of ether oxygens (including phenoxy) is 1. The van der Waals surface area contributed by atoms with Gasteiger partial charge in [-0.3, -0.25) is 38.4 Å². The molecule has 8 N–H and O–H groups in total. The van der Waals surface area contributed by atoms with Crippen molar-refractivity contribution in [1.29, 1.82) is 0 Å². The lowest BCUT2D eigenvalue weighted by molar-refractivity contribution is -0.145. The second-order valence-electron chi connectivity index (χ2n) is 30.3. The Hall–Kier alpha value is -4.07. The first-order chi connectivity index (χ1) is 52.9. The van der Waals surface area contributed by atoms with Crippen LogP contribution in [0.25, 0.3) is 0 Å². The Morgan fingerprint density at radius 1 is 0.429 bits per heavy atom. The Balaban J connectivity index is -0.00000144. The van der Waals surface area contributed by atoms with Gasteiger partial charge in [-0.2, -0.15) is 17.6 Å². The van der Waals surface area contributed by atoms with Gasteiger partial charge in [0.1, 0.15) is 23.8 Å². The molecule has 15 unspecified atom stereocenters. The van der Waals surface area contributed by atoms with Crippen LogP contribution in [0.2, 0.25) is 0 Å². The number of aliphatic hydroxyl groups is 5. The number of Topliss-reactive ketones (excluding diaryl/α,β-unsaturated/α-hetero) is 4. The molecular weight excluding hydrogens is 1540 g/mol. The number of hydrogen-bond acceptors (Lipinski definition) is 17. The fourth-order valence-electron chi connectivity index (χ4n) is 15.0. The Kier molecular flexibility index (Phi) is 54.8. The van der Waals surface area contributed by atoms with E-state index in [4.69, 9.17) is 28.9 Å². The summed E-state index contributed by atoms with van der Waals surface area (Å²) in [7, 11) is 7.87. The van der Waals surface area contributed by atoms with Crippen LogP contribution < -0.4 is 0 Å². The van der Waals surface area contributed by atoms with Gasteiger partial charge < -0.3 is 59.2 Å². The van der Waals surface area contributed by atoms with Crippen molar-refractivity contribution in [2.24, 2.45) is 47.3 Å². The van der Waals surface area contributed by atoms with Crippen molar-refractivity contribution < 1.29 is 137 Å². The predicted octanol–water partition coefficient (Wildman–Crippen LogP) is 18.2. The minimum atomic E-state index is -3.34. The molecule has 0 aromatic rings. The summed E-state index contributed by atoms with van der Waals surface area (Å²) in [6.07, 6.45) is 19.9. The van der Waals surface area contributed by atoms with Gasteiger partial charge in [-0.05, 0) is 177 Å². The van der Waals surface area contributed by atoms with Crippen LogP contribution in [0.5, 0.6) is 0 Å². The maximum absolute atomic E-state index is 14.1. The topological polar surface area (TPSA) is 335 Å². The van der Waals surface area contributed by atoms with Gasteiger partial charge in [0.15, 0.2) is 0 Å². The van der Waals surface area contributed by atoms with Gasteiger partial charge in [-0.15, -0.1) is 0 Å². The third-order valence-corrected chi connectivity index (χ3v) is 22.9. The van der Waals surface area contributed by atoms with E-state index >= 15 is 0 Å². The Bertz CT molecular complexity index is 2860. The molecule has 4 aliphatic carbocycles. The molecule has 0 heterocycles. The molecule has 19 atom stereocenters. The highest BCUT2D eigenvalue weighted by molar-refractivity contribution is 7.10. The van der Waals surface area contributed by atoms with E-state index in [1.165, 1.54) is 7.11 Å². The molecule has 20 nitrogen and oxygen atoms in total. The van der Waals surface area contributed by atoms with Crippen molar-refractivity contribution in [2.75, 3.05) is 7.11 Å². The molecule has 654 valence electrons. The van der Waals surface area contributed by atoms with Crippen molar-refractivity contribution >= 4 is 75.4 Å². The van der Waals surface area contributed by atoms with Crippen LogP contribution in [0, 0.1) is 47.3 Å². The highest BCUT2D eigenvalue weighted by atomic mass is 31.0.